The summed E-state index contributed by atoms with van der Waals surface area (Å²) in [6, 6.07) is 12.2. The minimum Gasteiger partial charge on any atom is -0.451 e. The first-order valence-electron chi connectivity index (χ1n) is 13.7. The third-order valence-electron chi connectivity index (χ3n) is 7.88. The number of hydrogen-bond acceptors (Lipinski definition) is 7. The Balaban J connectivity index is 1.71. The lowest BCUT2D eigenvalue weighted by molar-refractivity contribution is -0.194. The van der Waals surface area contributed by atoms with Crippen molar-refractivity contribution in [2.45, 2.75) is 83.7 Å². The number of carbonyl (C=O) groups is 1. The number of carbonyl (C=O) groups excluding carboxylic acids is 1. The van der Waals surface area contributed by atoms with Crippen LogP contribution in [-0.4, -0.2) is 45.8 Å². The van der Waals surface area contributed by atoms with Gasteiger partial charge in [-0.2, -0.15) is 0 Å². The van der Waals surface area contributed by atoms with Crippen molar-refractivity contribution >= 4 is 16.9 Å². The van der Waals surface area contributed by atoms with Crippen LogP contribution in [0.5, 0.6) is 0 Å². The van der Waals surface area contributed by atoms with E-state index in [0.29, 0.717) is 49.3 Å². The molecule has 38 heavy (non-hydrogen) atoms. The highest BCUT2D eigenvalue weighted by molar-refractivity contribution is 5.87. The molecule has 0 aliphatic carbocycles. The summed E-state index contributed by atoms with van der Waals surface area (Å²) in [6.07, 6.45) is 0.949. The normalized spacial score (nSPS) is 19.5. The molecule has 2 aromatic heterocycles. The molecule has 0 fully saturated rings. The van der Waals surface area contributed by atoms with Gasteiger partial charge in [-0.1, -0.05) is 52.8 Å². The van der Waals surface area contributed by atoms with Crippen molar-refractivity contribution in [2.24, 2.45) is 0 Å². The van der Waals surface area contributed by atoms with E-state index in [4.69, 9.17) is 9.72 Å². The molecule has 1 aromatic carbocycles. The highest BCUT2D eigenvalue weighted by Gasteiger charge is 2.55. The molecule has 8 nitrogen and oxygen atoms in total. The average molecular weight is 519 g/mol. The second kappa shape index (κ2) is 9.91. The maximum absolute atomic E-state index is 14.4. The van der Waals surface area contributed by atoms with Crippen LogP contribution in [-0.2, 0) is 27.3 Å². The molecule has 3 aromatic rings. The number of fused-ring (bicyclic) bond motifs is 5. The summed E-state index contributed by atoms with van der Waals surface area (Å²) in [7, 11) is 0. The van der Waals surface area contributed by atoms with Gasteiger partial charge in [0.15, 0.2) is 5.60 Å². The van der Waals surface area contributed by atoms with Gasteiger partial charge in [0.05, 0.1) is 29.0 Å². The van der Waals surface area contributed by atoms with Gasteiger partial charge in [-0.25, -0.2) is 9.78 Å². The second-order valence-electron chi connectivity index (χ2n) is 11.2. The summed E-state index contributed by atoms with van der Waals surface area (Å²) in [5.41, 5.74) is 0.581. The zero-order valence-corrected chi connectivity index (χ0v) is 22.9. The number of aliphatic hydroxyl groups is 1. The van der Waals surface area contributed by atoms with Crippen LogP contribution in [0.1, 0.15) is 70.6 Å². The molecular weight excluding hydrogens is 480 g/mol. The summed E-state index contributed by atoms with van der Waals surface area (Å²) in [5.74, 6) is -0.698. The van der Waals surface area contributed by atoms with Gasteiger partial charge < -0.3 is 25.0 Å². The minimum atomic E-state index is -1.90. The van der Waals surface area contributed by atoms with Crippen LogP contribution in [0, 0.1) is 0 Å². The van der Waals surface area contributed by atoms with E-state index in [1.807, 2.05) is 30.3 Å². The van der Waals surface area contributed by atoms with E-state index in [9.17, 15) is 14.7 Å². The van der Waals surface area contributed by atoms with Crippen molar-refractivity contribution in [3.05, 3.63) is 63.4 Å². The average Bonchev–Trinajstić information content (AvgIpc) is 3.23. The number of nitrogens with zero attached hydrogens (tertiary/aromatic N) is 2. The van der Waals surface area contributed by atoms with Crippen molar-refractivity contribution in [3.63, 3.8) is 0 Å². The molecule has 0 amide bonds. The lowest BCUT2D eigenvalue weighted by Gasteiger charge is -2.44. The molecule has 4 heterocycles. The topological polar surface area (TPSA) is 105 Å². The van der Waals surface area contributed by atoms with Crippen LogP contribution in [0.15, 0.2) is 41.2 Å². The quantitative estimate of drug-likeness (QED) is 0.291. The fourth-order valence-corrected chi connectivity index (χ4v) is 5.80. The fraction of sp³-hybridized carbons (Fsp3) is 0.500. The molecule has 0 radical (unpaired) electrons. The minimum absolute atomic E-state index is 0.101. The first-order valence-corrected chi connectivity index (χ1v) is 13.7. The highest BCUT2D eigenvalue weighted by atomic mass is 16.6. The molecule has 2 aliphatic heterocycles. The maximum atomic E-state index is 14.4. The van der Waals surface area contributed by atoms with E-state index in [1.165, 1.54) is 0 Å². The summed E-state index contributed by atoms with van der Waals surface area (Å²) in [4.78, 5) is 32.8. The molecule has 202 valence electrons. The lowest BCUT2D eigenvalue weighted by Crippen LogP contribution is -2.55. The van der Waals surface area contributed by atoms with Crippen LogP contribution in [0.2, 0.25) is 0 Å². The largest absolute Gasteiger partial charge is 0.451 e. The molecule has 0 unspecified atom stereocenters. The third-order valence-corrected chi connectivity index (χ3v) is 7.88. The van der Waals surface area contributed by atoms with Crippen molar-refractivity contribution < 1.29 is 14.6 Å². The number of pyridine rings is 2. The van der Waals surface area contributed by atoms with Gasteiger partial charge in [0.2, 0.25) is 0 Å². The molecule has 1 atom stereocenters. The van der Waals surface area contributed by atoms with Crippen LogP contribution in [0.25, 0.3) is 22.3 Å². The summed E-state index contributed by atoms with van der Waals surface area (Å²) >= 11 is 0. The first kappa shape index (κ1) is 26.5. The molecular formula is C30H38N4O4. The predicted molar refractivity (Wildman–Crippen MR) is 148 cm³/mol. The van der Waals surface area contributed by atoms with E-state index < -0.39 is 17.2 Å². The Kier molecular flexibility index (Phi) is 6.92. The predicted octanol–water partition coefficient (Wildman–Crippen LogP) is 3.55. The first-order chi connectivity index (χ1) is 18.1. The number of nitrogens with one attached hydrogen (secondary N) is 2. The zero-order chi connectivity index (χ0) is 27.2. The molecule has 0 saturated carbocycles. The van der Waals surface area contributed by atoms with Gasteiger partial charge in [0.25, 0.3) is 5.56 Å². The SMILES string of the molecule is CC[C@@]1(O)C(=O)OC(CCNC(C)C)(CCNC(C)C)c2c1cc1n(c2=O)Cc2cc3ccccc3nc2-1. The number of benzene rings is 1. The lowest BCUT2D eigenvalue weighted by atomic mass is 9.75. The van der Waals surface area contributed by atoms with Crippen molar-refractivity contribution in [1.82, 2.24) is 20.2 Å². The Morgan fingerprint density at radius 2 is 1.71 bits per heavy atom. The Bertz CT molecular complexity index is 1430. The van der Waals surface area contributed by atoms with Gasteiger partial charge in [-0.15, -0.1) is 0 Å². The number of cyclic esters (lactones) is 1. The molecule has 3 N–H and O–H groups in total. The van der Waals surface area contributed by atoms with Crippen LogP contribution in [0.4, 0.5) is 0 Å². The zero-order valence-electron chi connectivity index (χ0n) is 22.9. The number of esters is 1. The number of rotatable bonds is 9. The van der Waals surface area contributed by atoms with Crippen LogP contribution >= 0.6 is 0 Å². The highest BCUT2D eigenvalue weighted by Crippen LogP contribution is 2.47. The molecule has 8 heteroatoms. The van der Waals surface area contributed by atoms with Crippen molar-refractivity contribution in [3.8, 4) is 11.4 Å². The Morgan fingerprint density at radius 3 is 2.34 bits per heavy atom. The van der Waals surface area contributed by atoms with Gasteiger partial charge in [0, 0.05) is 41.4 Å². The second-order valence-corrected chi connectivity index (χ2v) is 11.2. The van der Waals surface area contributed by atoms with Crippen LogP contribution in [0.3, 0.4) is 0 Å². The van der Waals surface area contributed by atoms with Gasteiger partial charge >= 0.3 is 5.97 Å². The Labute approximate surface area is 223 Å². The van der Waals surface area contributed by atoms with E-state index in [1.54, 1.807) is 11.5 Å². The van der Waals surface area contributed by atoms with Gasteiger partial charge in [-0.3, -0.25) is 4.79 Å². The van der Waals surface area contributed by atoms with E-state index in [-0.39, 0.29) is 24.1 Å². The van der Waals surface area contributed by atoms with E-state index in [0.717, 1.165) is 22.2 Å². The van der Waals surface area contributed by atoms with Gasteiger partial charge in [0.1, 0.15) is 5.60 Å². The standard InChI is InChI=1S/C30H38N4O4/c1-6-30(37)22-16-24-26-21(15-20-9-7-8-10-23(20)33-26)17-34(24)27(35)25(22)29(38-28(30)36,11-13-31-18(2)3)12-14-32-19(4)5/h7-10,15-16,18-19,31-32,37H,6,11-14,17H2,1-5H3/t30-/m0/s1. The van der Waals surface area contributed by atoms with Gasteiger partial charge in [-0.05, 0) is 37.7 Å². The number of hydrogen-bond donors (Lipinski definition) is 3. The molecule has 0 bridgehead atoms. The molecule has 5 rings (SSSR count). The summed E-state index contributed by atoms with van der Waals surface area (Å²) < 4.78 is 7.88. The van der Waals surface area contributed by atoms with Crippen LogP contribution < -0.4 is 16.2 Å². The number of ether oxygens (including phenoxy) is 1. The maximum Gasteiger partial charge on any atom is 0.343 e. The number of para-hydroxylation sites is 1. The van der Waals surface area contributed by atoms with E-state index >= 15 is 0 Å². The van der Waals surface area contributed by atoms with Crippen molar-refractivity contribution in [1.29, 1.82) is 0 Å². The summed E-state index contributed by atoms with van der Waals surface area (Å²) in [5, 5.41) is 19.5. The molecule has 0 spiro atoms. The van der Waals surface area contributed by atoms with Crippen molar-refractivity contribution in [2.75, 3.05) is 13.1 Å². The molecule has 2 aliphatic rings. The Morgan fingerprint density at radius 1 is 1.05 bits per heavy atom. The third kappa shape index (κ3) is 4.34. The fourth-order valence-electron chi connectivity index (χ4n) is 5.80. The smallest absolute Gasteiger partial charge is 0.343 e. The number of aromatic nitrogens is 2. The molecule has 0 saturated heterocycles. The van der Waals surface area contributed by atoms with E-state index in [2.05, 4.69) is 44.4 Å². The summed E-state index contributed by atoms with van der Waals surface area (Å²) in [6.45, 7) is 11.5. The Hall–Kier alpha value is -3.07. The monoisotopic (exact) mass is 518 g/mol.